The molecule has 0 radical (unpaired) electrons. The molecule has 6 heteroatoms. The topological polar surface area (TPSA) is 50.2 Å². The number of fused-ring (bicyclic) bond motifs is 1. The van der Waals surface area contributed by atoms with Gasteiger partial charge in [0.25, 0.3) is 5.56 Å². The van der Waals surface area contributed by atoms with Gasteiger partial charge in [0.2, 0.25) is 0 Å². The first-order valence-electron chi connectivity index (χ1n) is 9.83. The average Bonchev–Trinajstić information content (AvgIpc) is 2.70. The molecule has 0 aliphatic carbocycles. The van der Waals surface area contributed by atoms with E-state index in [0.29, 0.717) is 16.5 Å². The van der Waals surface area contributed by atoms with Crippen molar-refractivity contribution in [2.75, 3.05) is 19.6 Å². The molecule has 0 spiro atoms. The quantitative estimate of drug-likeness (QED) is 0.729. The van der Waals surface area contributed by atoms with Gasteiger partial charge >= 0.3 is 0 Å². The molecule has 2 aromatic carbocycles. The Balaban J connectivity index is 1.93. The Labute approximate surface area is 170 Å². The highest BCUT2D eigenvalue weighted by molar-refractivity contribution is 6.30. The molecule has 0 unspecified atom stereocenters. The van der Waals surface area contributed by atoms with E-state index in [9.17, 15) is 4.79 Å². The van der Waals surface area contributed by atoms with E-state index < -0.39 is 0 Å². The van der Waals surface area contributed by atoms with Gasteiger partial charge in [-0.05, 0) is 49.7 Å². The van der Waals surface area contributed by atoms with E-state index in [4.69, 9.17) is 16.6 Å². The largest absolute Gasteiger partial charge is 0.312 e. The van der Waals surface area contributed by atoms with Crippen LogP contribution in [0.2, 0.25) is 5.02 Å². The van der Waals surface area contributed by atoms with E-state index in [0.717, 1.165) is 43.1 Å². The normalized spacial score (nSPS) is 19.0. The zero-order valence-corrected chi connectivity index (χ0v) is 17.0. The monoisotopic (exact) mass is 396 g/mol. The summed E-state index contributed by atoms with van der Waals surface area (Å²) in [5.74, 6) is 0.794. The molecular formula is C22H25ClN4O. The van der Waals surface area contributed by atoms with Crippen LogP contribution in [0.4, 0.5) is 0 Å². The Morgan fingerprint density at radius 2 is 1.96 bits per heavy atom. The second-order valence-corrected chi connectivity index (χ2v) is 7.81. The highest BCUT2D eigenvalue weighted by atomic mass is 35.5. The van der Waals surface area contributed by atoms with Crippen molar-refractivity contribution in [1.29, 1.82) is 0 Å². The van der Waals surface area contributed by atoms with Crippen molar-refractivity contribution < 1.29 is 0 Å². The minimum Gasteiger partial charge on any atom is -0.312 e. The van der Waals surface area contributed by atoms with E-state index in [-0.39, 0.29) is 11.6 Å². The molecule has 3 aromatic rings. The van der Waals surface area contributed by atoms with Gasteiger partial charge in [-0.25, -0.2) is 4.98 Å². The van der Waals surface area contributed by atoms with E-state index in [1.54, 1.807) is 4.57 Å². The van der Waals surface area contributed by atoms with E-state index in [2.05, 4.69) is 24.1 Å². The molecule has 1 aliphatic rings. The van der Waals surface area contributed by atoms with Gasteiger partial charge in [-0.1, -0.05) is 30.7 Å². The van der Waals surface area contributed by atoms with Gasteiger partial charge in [0.15, 0.2) is 0 Å². The first kappa shape index (κ1) is 19.1. The second-order valence-electron chi connectivity index (χ2n) is 7.38. The molecule has 1 fully saturated rings. The Hall–Kier alpha value is -2.21. The zero-order valence-electron chi connectivity index (χ0n) is 16.2. The molecule has 1 N–H and O–H groups in total. The van der Waals surface area contributed by atoms with Gasteiger partial charge in [-0.2, -0.15) is 0 Å². The van der Waals surface area contributed by atoms with Gasteiger partial charge in [0.1, 0.15) is 5.82 Å². The molecule has 146 valence electrons. The van der Waals surface area contributed by atoms with Gasteiger partial charge in [-0.15, -0.1) is 0 Å². The van der Waals surface area contributed by atoms with Crippen LogP contribution in [-0.2, 0) is 0 Å². The lowest BCUT2D eigenvalue weighted by molar-refractivity contribution is 0.137. The average molecular weight is 397 g/mol. The predicted octanol–water partition coefficient (Wildman–Crippen LogP) is 3.78. The van der Waals surface area contributed by atoms with Crippen LogP contribution in [0.1, 0.15) is 32.1 Å². The number of halogens is 1. The molecule has 0 saturated carbocycles. The highest BCUT2D eigenvalue weighted by Gasteiger charge is 2.28. The molecular weight excluding hydrogens is 372 g/mol. The fourth-order valence-electron chi connectivity index (χ4n) is 4.06. The molecule has 5 nitrogen and oxygen atoms in total. The van der Waals surface area contributed by atoms with E-state index in [1.807, 2.05) is 48.5 Å². The summed E-state index contributed by atoms with van der Waals surface area (Å²) in [6.07, 6.45) is 0.880. The SMILES string of the molecule is CC[C@@H](c1nc2ccccc2c(=O)n1-c1ccc(Cl)cc1)N1CCN[C@@H](C)C1. The van der Waals surface area contributed by atoms with E-state index in [1.165, 1.54) is 0 Å². The summed E-state index contributed by atoms with van der Waals surface area (Å²) in [5, 5.41) is 4.77. The molecule has 1 saturated heterocycles. The van der Waals surface area contributed by atoms with Crippen LogP contribution in [0.3, 0.4) is 0 Å². The van der Waals surface area contributed by atoms with Crippen molar-refractivity contribution >= 4 is 22.5 Å². The standard InChI is InChI=1S/C22H25ClN4O/c1-3-20(26-13-12-24-15(2)14-26)21-25-19-7-5-4-6-18(19)22(28)27(21)17-10-8-16(23)9-11-17/h4-11,15,20,24H,3,12-14H2,1-2H3/t15-,20-/m0/s1. The van der Waals surface area contributed by atoms with E-state index >= 15 is 0 Å². The number of hydrogen-bond donors (Lipinski definition) is 1. The zero-order chi connectivity index (χ0) is 19.7. The lowest BCUT2D eigenvalue weighted by Gasteiger charge is -2.37. The number of hydrogen-bond acceptors (Lipinski definition) is 4. The van der Waals surface area contributed by atoms with Crippen LogP contribution < -0.4 is 10.9 Å². The van der Waals surface area contributed by atoms with Gasteiger partial charge in [-0.3, -0.25) is 14.3 Å². The molecule has 0 amide bonds. The molecule has 28 heavy (non-hydrogen) atoms. The maximum absolute atomic E-state index is 13.5. The van der Waals surface area contributed by atoms with Gasteiger partial charge in [0, 0.05) is 30.7 Å². The fraction of sp³-hybridized carbons (Fsp3) is 0.364. The van der Waals surface area contributed by atoms with Crippen LogP contribution in [-0.4, -0.2) is 40.1 Å². The van der Waals surface area contributed by atoms with Crippen LogP contribution in [0.5, 0.6) is 0 Å². The third-order valence-electron chi connectivity index (χ3n) is 5.41. The summed E-state index contributed by atoms with van der Waals surface area (Å²) >= 11 is 6.08. The summed E-state index contributed by atoms with van der Waals surface area (Å²) in [7, 11) is 0. The summed E-state index contributed by atoms with van der Waals surface area (Å²) in [6, 6.07) is 15.5. The van der Waals surface area contributed by atoms with Gasteiger partial charge in [0.05, 0.1) is 22.6 Å². The van der Waals surface area contributed by atoms with Crippen LogP contribution >= 0.6 is 11.6 Å². The smallest absolute Gasteiger partial charge is 0.266 e. The second kappa shape index (κ2) is 8.03. The lowest BCUT2D eigenvalue weighted by Crippen LogP contribution is -2.51. The summed E-state index contributed by atoms with van der Waals surface area (Å²) in [5.41, 5.74) is 1.50. The van der Waals surface area contributed by atoms with Crippen molar-refractivity contribution in [1.82, 2.24) is 19.8 Å². The number of para-hydroxylation sites is 1. The third-order valence-corrected chi connectivity index (χ3v) is 5.66. The van der Waals surface area contributed by atoms with Crippen LogP contribution in [0.15, 0.2) is 53.3 Å². The Kier molecular flexibility index (Phi) is 5.49. The summed E-state index contributed by atoms with van der Waals surface area (Å²) < 4.78 is 1.76. The van der Waals surface area contributed by atoms with Crippen molar-refractivity contribution in [2.45, 2.75) is 32.4 Å². The van der Waals surface area contributed by atoms with Crippen LogP contribution in [0, 0.1) is 0 Å². The molecule has 2 heterocycles. The van der Waals surface area contributed by atoms with Gasteiger partial charge < -0.3 is 5.32 Å². The molecule has 0 bridgehead atoms. The number of nitrogens with zero attached hydrogens (tertiary/aromatic N) is 3. The summed E-state index contributed by atoms with van der Waals surface area (Å²) in [4.78, 5) is 20.9. The lowest BCUT2D eigenvalue weighted by atomic mass is 10.1. The number of nitrogens with one attached hydrogen (secondary N) is 1. The molecule has 2 atom stereocenters. The third kappa shape index (κ3) is 3.58. The molecule has 1 aromatic heterocycles. The minimum absolute atomic E-state index is 0.0374. The van der Waals surface area contributed by atoms with Crippen molar-refractivity contribution in [2.24, 2.45) is 0 Å². The molecule has 4 rings (SSSR count). The van der Waals surface area contributed by atoms with Crippen molar-refractivity contribution in [3.8, 4) is 5.69 Å². The maximum atomic E-state index is 13.5. The Morgan fingerprint density at radius 1 is 1.21 bits per heavy atom. The Morgan fingerprint density at radius 3 is 2.68 bits per heavy atom. The first-order chi connectivity index (χ1) is 13.6. The molecule has 1 aliphatic heterocycles. The first-order valence-corrected chi connectivity index (χ1v) is 10.2. The number of aromatic nitrogens is 2. The fourth-order valence-corrected chi connectivity index (χ4v) is 4.19. The number of piperazine rings is 1. The maximum Gasteiger partial charge on any atom is 0.266 e. The van der Waals surface area contributed by atoms with Crippen molar-refractivity contribution in [3.63, 3.8) is 0 Å². The summed E-state index contributed by atoms with van der Waals surface area (Å²) in [6.45, 7) is 7.16. The van der Waals surface area contributed by atoms with Crippen molar-refractivity contribution in [3.05, 3.63) is 69.7 Å². The van der Waals surface area contributed by atoms with Crippen LogP contribution in [0.25, 0.3) is 16.6 Å². The predicted molar refractivity (Wildman–Crippen MR) is 114 cm³/mol. The highest BCUT2D eigenvalue weighted by Crippen LogP contribution is 2.27. The minimum atomic E-state index is -0.0374. The Bertz CT molecular complexity index is 1030. The number of rotatable bonds is 4. The number of benzene rings is 2.